The zero-order valence-electron chi connectivity index (χ0n) is 12.5. The Bertz CT molecular complexity index is 693. The van der Waals surface area contributed by atoms with Crippen molar-refractivity contribution in [3.05, 3.63) is 29.5 Å². The van der Waals surface area contributed by atoms with Crippen molar-refractivity contribution in [1.29, 1.82) is 0 Å². The molecule has 2 aromatic rings. The Labute approximate surface area is 139 Å². The highest BCUT2D eigenvalue weighted by Gasteiger charge is 2.38. The first-order valence-corrected chi connectivity index (χ1v) is 8.12. The van der Waals surface area contributed by atoms with Gasteiger partial charge in [0.15, 0.2) is 0 Å². The van der Waals surface area contributed by atoms with Crippen molar-refractivity contribution in [3.63, 3.8) is 0 Å². The zero-order chi connectivity index (χ0) is 17.2. The van der Waals surface area contributed by atoms with Gasteiger partial charge in [0.2, 0.25) is 16.0 Å². The second-order valence-corrected chi connectivity index (χ2v) is 6.54. The minimum Gasteiger partial charge on any atom is -0.381 e. The summed E-state index contributed by atoms with van der Waals surface area (Å²) in [5, 5.41) is 7.63. The molecule has 0 bridgehead atoms. The molecule has 0 radical (unpaired) electrons. The second-order valence-electron chi connectivity index (χ2n) is 5.56. The van der Waals surface area contributed by atoms with Gasteiger partial charge in [-0.15, -0.1) is 10.2 Å². The van der Waals surface area contributed by atoms with Gasteiger partial charge in [0.1, 0.15) is 0 Å². The molecule has 1 saturated heterocycles. The number of nitrogens with one attached hydrogen (secondary N) is 1. The van der Waals surface area contributed by atoms with Crippen molar-refractivity contribution in [3.8, 4) is 0 Å². The van der Waals surface area contributed by atoms with Crippen molar-refractivity contribution < 1.29 is 22.7 Å². The van der Waals surface area contributed by atoms with E-state index in [-0.39, 0.29) is 11.6 Å². The maximum absolute atomic E-state index is 12.5. The molecule has 24 heavy (non-hydrogen) atoms. The standard InChI is InChI=1S/C14H15F3N4O2S/c15-14(16,17)11-19-20-12(24-11)18-10(22)9-13(3-7-23-8-4-13)21-5-1-2-6-21/h1-2,5-6H,3-4,7-9H2,(H,18,20,22). The number of anilines is 1. The fourth-order valence-electron chi connectivity index (χ4n) is 2.78. The normalized spacial score (nSPS) is 17.6. The van der Waals surface area contributed by atoms with Gasteiger partial charge in [-0.2, -0.15) is 13.2 Å². The van der Waals surface area contributed by atoms with Crippen molar-refractivity contribution in [2.24, 2.45) is 0 Å². The first-order chi connectivity index (χ1) is 11.4. The summed E-state index contributed by atoms with van der Waals surface area (Å²) < 4.78 is 45.0. The predicted molar refractivity (Wildman–Crippen MR) is 80.6 cm³/mol. The Kier molecular flexibility index (Phi) is 4.59. The highest BCUT2D eigenvalue weighted by Crippen LogP contribution is 2.35. The van der Waals surface area contributed by atoms with E-state index >= 15 is 0 Å². The van der Waals surface area contributed by atoms with Gasteiger partial charge in [-0.25, -0.2) is 0 Å². The molecule has 1 aliphatic rings. The van der Waals surface area contributed by atoms with Crippen LogP contribution in [0, 0.1) is 0 Å². The summed E-state index contributed by atoms with van der Waals surface area (Å²) >= 11 is 0.316. The average molecular weight is 360 g/mol. The van der Waals surface area contributed by atoms with Crippen LogP contribution in [-0.2, 0) is 21.2 Å². The van der Waals surface area contributed by atoms with Crippen LogP contribution in [0.2, 0.25) is 0 Å². The van der Waals surface area contributed by atoms with Crippen LogP contribution in [0.5, 0.6) is 0 Å². The second kappa shape index (κ2) is 6.52. The first kappa shape index (κ1) is 16.9. The molecule has 1 amide bonds. The van der Waals surface area contributed by atoms with E-state index < -0.39 is 22.6 Å². The summed E-state index contributed by atoms with van der Waals surface area (Å²) in [4.78, 5) is 12.3. The number of alkyl halides is 3. The van der Waals surface area contributed by atoms with Crippen LogP contribution in [0.15, 0.2) is 24.5 Å². The smallest absolute Gasteiger partial charge is 0.381 e. The fourth-order valence-corrected chi connectivity index (χ4v) is 3.41. The lowest BCUT2D eigenvalue weighted by molar-refractivity contribution is -0.138. The molecule has 0 aliphatic carbocycles. The van der Waals surface area contributed by atoms with Crippen molar-refractivity contribution in [1.82, 2.24) is 14.8 Å². The number of nitrogens with zero attached hydrogens (tertiary/aromatic N) is 3. The number of amides is 1. The molecule has 130 valence electrons. The maximum atomic E-state index is 12.5. The first-order valence-electron chi connectivity index (χ1n) is 7.31. The Hall–Kier alpha value is -1.94. The molecule has 0 saturated carbocycles. The molecule has 2 aromatic heterocycles. The van der Waals surface area contributed by atoms with Gasteiger partial charge in [0.05, 0.1) is 12.0 Å². The largest absolute Gasteiger partial charge is 0.445 e. The maximum Gasteiger partial charge on any atom is 0.445 e. The van der Waals surface area contributed by atoms with Crippen LogP contribution in [0.3, 0.4) is 0 Å². The average Bonchev–Trinajstić information content (AvgIpc) is 3.19. The number of hydrogen-bond acceptors (Lipinski definition) is 5. The van der Waals surface area contributed by atoms with Crippen molar-refractivity contribution in [2.75, 3.05) is 18.5 Å². The highest BCUT2D eigenvalue weighted by molar-refractivity contribution is 7.15. The molecule has 3 rings (SSSR count). The van der Waals surface area contributed by atoms with E-state index in [0.29, 0.717) is 37.4 Å². The third-order valence-electron chi connectivity index (χ3n) is 3.98. The number of ether oxygens (including phenoxy) is 1. The SMILES string of the molecule is O=C(CC1(n2cccc2)CCOCC1)Nc1nnc(C(F)(F)F)s1. The third kappa shape index (κ3) is 3.59. The number of rotatable bonds is 4. The summed E-state index contributed by atoms with van der Waals surface area (Å²) in [6.45, 7) is 1.06. The molecule has 6 nitrogen and oxygen atoms in total. The van der Waals surface area contributed by atoms with Gasteiger partial charge in [-0.3, -0.25) is 4.79 Å². The van der Waals surface area contributed by atoms with Crippen LogP contribution in [0.4, 0.5) is 18.3 Å². The van der Waals surface area contributed by atoms with E-state index in [4.69, 9.17) is 4.74 Å². The number of hydrogen-bond donors (Lipinski definition) is 1. The van der Waals surface area contributed by atoms with Gasteiger partial charge in [-0.05, 0) is 25.0 Å². The minimum atomic E-state index is -4.56. The van der Waals surface area contributed by atoms with E-state index in [1.807, 2.05) is 29.1 Å². The molecule has 1 N–H and O–H groups in total. The Morgan fingerprint density at radius 1 is 1.29 bits per heavy atom. The topological polar surface area (TPSA) is 69.0 Å². The lowest BCUT2D eigenvalue weighted by atomic mass is 9.86. The van der Waals surface area contributed by atoms with E-state index in [9.17, 15) is 18.0 Å². The molecule has 0 aromatic carbocycles. The molecule has 0 atom stereocenters. The predicted octanol–water partition coefficient (Wildman–Crippen LogP) is 2.89. The van der Waals surface area contributed by atoms with Crippen LogP contribution in [0.25, 0.3) is 0 Å². The monoisotopic (exact) mass is 360 g/mol. The van der Waals surface area contributed by atoms with Crippen LogP contribution >= 0.6 is 11.3 Å². The number of carbonyl (C=O) groups is 1. The lowest BCUT2D eigenvalue weighted by Gasteiger charge is -2.38. The fraction of sp³-hybridized carbons (Fsp3) is 0.500. The molecular weight excluding hydrogens is 345 g/mol. The van der Waals surface area contributed by atoms with Gasteiger partial charge in [0, 0.05) is 25.6 Å². The molecule has 3 heterocycles. The zero-order valence-corrected chi connectivity index (χ0v) is 13.4. The summed E-state index contributed by atoms with van der Waals surface area (Å²) in [7, 11) is 0. The Morgan fingerprint density at radius 3 is 2.54 bits per heavy atom. The number of halogens is 3. The molecular formula is C14H15F3N4O2S. The number of aromatic nitrogens is 3. The van der Waals surface area contributed by atoms with Gasteiger partial charge in [0.25, 0.3) is 0 Å². The van der Waals surface area contributed by atoms with E-state index in [1.54, 1.807) is 0 Å². The summed E-state index contributed by atoms with van der Waals surface area (Å²) in [5.74, 6) is -0.393. The van der Waals surface area contributed by atoms with Crippen LogP contribution < -0.4 is 5.32 Å². The van der Waals surface area contributed by atoms with Crippen LogP contribution in [-0.4, -0.2) is 33.9 Å². The molecule has 0 spiro atoms. The van der Waals surface area contributed by atoms with Gasteiger partial charge in [-0.1, -0.05) is 11.3 Å². The summed E-state index contributed by atoms with van der Waals surface area (Å²) in [6.07, 6.45) is 0.633. The van der Waals surface area contributed by atoms with Crippen LogP contribution in [0.1, 0.15) is 24.3 Å². The van der Waals surface area contributed by atoms with Gasteiger partial charge < -0.3 is 14.6 Å². The lowest BCUT2D eigenvalue weighted by Crippen LogP contribution is -2.42. The molecule has 1 fully saturated rings. The van der Waals surface area contributed by atoms with Gasteiger partial charge >= 0.3 is 6.18 Å². The number of carbonyl (C=O) groups excluding carboxylic acids is 1. The van der Waals surface area contributed by atoms with Crippen molar-refractivity contribution in [2.45, 2.75) is 31.0 Å². The Morgan fingerprint density at radius 2 is 1.96 bits per heavy atom. The quantitative estimate of drug-likeness (QED) is 0.910. The molecule has 1 aliphatic heterocycles. The minimum absolute atomic E-state index is 0.131. The third-order valence-corrected chi connectivity index (χ3v) is 4.86. The van der Waals surface area contributed by atoms with E-state index in [0.717, 1.165) is 0 Å². The van der Waals surface area contributed by atoms with Crippen molar-refractivity contribution >= 4 is 22.4 Å². The summed E-state index contributed by atoms with van der Waals surface area (Å²) in [6, 6.07) is 3.74. The van der Waals surface area contributed by atoms with E-state index in [1.165, 1.54) is 0 Å². The highest BCUT2D eigenvalue weighted by atomic mass is 32.1. The molecule has 0 unspecified atom stereocenters. The summed E-state index contributed by atoms with van der Waals surface area (Å²) in [5.41, 5.74) is -0.441. The Balaban J connectivity index is 1.71. The van der Waals surface area contributed by atoms with E-state index in [2.05, 4.69) is 15.5 Å². The molecule has 10 heteroatoms.